The van der Waals surface area contributed by atoms with Gasteiger partial charge in [0.25, 0.3) is 5.91 Å². The standard InChI is InChI=1S/C23H22FN3O4/c1-4-31-18-7-5-16(6-8-18)21-11-17(24)12-22(26-21)23(28)27-25-14-15-9-19(29-2)13-20(10-15)30-3/h5-14H,4H2,1-3H3,(H,27,28). The van der Waals surface area contributed by atoms with Crippen LogP contribution in [0.4, 0.5) is 4.39 Å². The van der Waals surface area contributed by atoms with Crippen molar-refractivity contribution in [1.29, 1.82) is 0 Å². The molecule has 0 radical (unpaired) electrons. The number of pyridine rings is 1. The summed E-state index contributed by atoms with van der Waals surface area (Å²) in [5, 5.41) is 3.92. The highest BCUT2D eigenvalue weighted by atomic mass is 19.1. The largest absolute Gasteiger partial charge is 0.497 e. The number of methoxy groups -OCH3 is 2. The molecule has 3 rings (SSSR count). The van der Waals surface area contributed by atoms with Crippen LogP contribution in [0.3, 0.4) is 0 Å². The van der Waals surface area contributed by atoms with Gasteiger partial charge in [0.2, 0.25) is 0 Å². The lowest BCUT2D eigenvalue weighted by atomic mass is 10.1. The van der Waals surface area contributed by atoms with Crippen molar-refractivity contribution in [2.24, 2.45) is 5.10 Å². The molecule has 7 nitrogen and oxygen atoms in total. The maximum absolute atomic E-state index is 14.1. The first kappa shape index (κ1) is 21.8. The number of hydrazone groups is 1. The van der Waals surface area contributed by atoms with Gasteiger partial charge < -0.3 is 14.2 Å². The number of ether oxygens (including phenoxy) is 3. The normalized spacial score (nSPS) is 10.7. The Morgan fingerprint density at radius 1 is 1.03 bits per heavy atom. The molecule has 1 amide bonds. The minimum absolute atomic E-state index is 0.0933. The average Bonchev–Trinajstić information content (AvgIpc) is 2.79. The molecule has 1 aromatic heterocycles. The number of aromatic nitrogens is 1. The first-order chi connectivity index (χ1) is 15.0. The van der Waals surface area contributed by atoms with Gasteiger partial charge in [0.15, 0.2) is 0 Å². The quantitative estimate of drug-likeness (QED) is 0.436. The number of carbonyl (C=O) groups excluding carboxylic acids is 1. The molecule has 0 spiro atoms. The van der Waals surface area contributed by atoms with E-state index in [1.807, 2.05) is 6.92 Å². The SMILES string of the molecule is CCOc1ccc(-c2cc(F)cc(C(=O)NN=Cc3cc(OC)cc(OC)c3)n2)cc1. The van der Waals surface area contributed by atoms with Crippen molar-refractivity contribution >= 4 is 12.1 Å². The predicted octanol–water partition coefficient (Wildman–Crippen LogP) is 4.07. The third-order valence-electron chi connectivity index (χ3n) is 4.24. The molecule has 0 unspecified atom stereocenters. The molecule has 1 heterocycles. The van der Waals surface area contributed by atoms with Crippen molar-refractivity contribution in [3.8, 4) is 28.5 Å². The molecule has 0 saturated heterocycles. The number of halogens is 1. The lowest BCUT2D eigenvalue weighted by Crippen LogP contribution is -2.19. The molecular formula is C23H22FN3O4. The highest BCUT2D eigenvalue weighted by Gasteiger charge is 2.12. The van der Waals surface area contributed by atoms with Gasteiger partial charge in [-0.1, -0.05) is 0 Å². The van der Waals surface area contributed by atoms with Crippen molar-refractivity contribution in [2.45, 2.75) is 6.92 Å². The zero-order valence-corrected chi connectivity index (χ0v) is 17.4. The fourth-order valence-electron chi connectivity index (χ4n) is 2.78. The average molecular weight is 423 g/mol. The first-order valence-electron chi connectivity index (χ1n) is 9.49. The van der Waals surface area contributed by atoms with Gasteiger partial charge in [-0.2, -0.15) is 5.10 Å². The van der Waals surface area contributed by atoms with Crippen molar-refractivity contribution in [1.82, 2.24) is 10.4 Å². The van der Waals surface area contributed by atoms with Gasteiger partial charge in [0.1, 0.15) is 28.8 Å². The molecule has 3 aromatic rings. The van der Waals surface area contributed by atoms with Crippen LogP contribution in [0.1, 0.15) is 23.0 Å². The maximum atomic E-state index is 14.1. The van der Waals surface area contributed by atoms with Gasteiger partial charge >= 0.3 is 0 Å². The first-order valence-corrected chi connectivity index (χ1v) is 9.49. The minimum Gasteiger partial charge on any atom is -0.497 e. The van der Waals surface area contributed by atoms with E-state index in [9.17, 15) is 9.18 Å². The Morgan fingerprint density at radius 2 is 1.71 bits per heavy atom. The maximum Gasteiger partial charge on any atom is 0.290 e. The Morgan fingerprint density at radius 3 is 2.32 bits per heavy atom. The van der Waals surface area contributed by atoms with E-state index in [1.165, 1.54) is 26.5 Å². The molecule has 0 bridgehead atoms. The molecule has 0 saturated carbocycles. The second kappa shape index (κ2) is 10.2. The Balaban J connectivity index is 1.75. The van der Waals surface area contributed by atoms with Crippen LogP contribution in [0.25, 0.3) is 11.3 Å². The summed E-state index contributed by atoms with van der Waals surface area (Å²) in [5.74, 6) is 0.644. The van der Waals surface area contributed by atoms with Crippen molar-refractivity contribution in [2.75, 3.05) is 20.8 Å². The summed E-state index contributed by atoms with van der Waals surface area (Å²) in [6.45, 7) is 2.44. The Labute approximate surface area is 179 Å². The van der Waals surface area contributed by atoms with E-state index in [0.717, 1.165) is 6.07 Å². The van der Waals surface area contributed by atoms with Crippen LogP contribution in [0, 0.1) is 5.82 Å². The van der Waals surface area contributed by atoms with E-state index in [-0.39, 0.29) is 5.69 Å². The number of nitrogens with zero attached hydrogens (tertiary/aromatic N) is 2. The molecule has 0 aliphatic carbocycles. The summed E-state index contributed by atoms with van der Waals surface area (Å²) in [6, 6.07) is 14.5. The zero-order chi connectivity index (χ0) is 22.2. The number of hydrogen-bond acceptors (Lipinski definition) is 6. The number of hydrogen-bond donors (Lipinski definition) is 1. The number of carbonyl (C=O) groups is 1. The van der Waals surface area contributed by atoms with Crippen molar-refractivity contribution in [3.05, 3.63) is 71.7 Å². The molecule has 0 aliphatic rings. The van der Waals surface area contributed by atoms with Crippen molar-refractivity contribution in [3.63, 3.8) is 0 Å². The van der Waals surface area contributed by atoms with Gasteiger partial charge in [-0.05, 0) is 43.3 Å². The third kappa shape index (κ3) is 5.79. The van der Waals surface area contributed by atoms with Gasteiger partial charge in [-0.25, -0.2) is 14.8 Å². The highest BCUT2D eigenvalue weighted by Crippen LogP contribution is 2.23. The van der Waals surface area contributed by atoms with Gasteiger partial charge in [0, 0.05) is 29.3 Å². The van der Waals surface area contributed by atoms with E-state index >= 15 is 0 Å². The van der Waals surface area contributed by atoms with Crippen LogP contribution in [0.2, 0.25) is 0 Å². The van der Waals surface area contributed by atoms with Crippen molar-refractivity contribution < 1.29 is 23.4 Å². The van der Waals surface area contributed by atoms with Gasteiger partial charge in [0.05, 0.1) is 32.7 Å². The molecule has 0 fully saturated rings. The molecule has 2 aromatic carbocycles. The summed E-state index contributed by atoms with van der Waals surface area (Å²) in [5.41, 5.74) is 3.90. The van der Waals surface area contributed by atoms with Crippen LogP contribution >= 0.6 is 0 Å². The lowest BCUT2D eigenvalue weighted by molar-refractivity contribution is 0.0949. The van der Waals surface area contributed by atoms with E-state index in [2.05, 4.69) is 15.5 Å². The Hall–Kier alpha value is -3.94. The lowest BCUT2D eigenvalue weighted by Gasteiger charge is -2.07. The molecular weight excluding hydrogens is 401 g/mol. The molecule has 0 atom stereocenters. The fraction of sp³-hybridized carbons (Fsp3) is 0.174. The molecule has 8 heteroatoms. The molecule has 0 aliphatic heterocycles. The third-order valence-corrected chi connectivity index (χ3v) is 4.24. The number of amides is 1. The summed E-state index contributed by atoms with van der Waals surface area (Å²) in [6.07, 6.45) is 1.43. The van der Waals surface area contributed by atoms with Crippen LogP contribution in [0.15, 0.2) is 59.7 Å². The molecule has 1 N–H and O–H groups in total. The fourth-order valence-corrected chi connectivity index (χ4v) is 2.78. The second-order valence-electron chi connectivity index (χ2n) is 6.36. The topological polar surface area (TPSA) is 82.0 Å². The van der Waals surface area contributed by atoms with Gasteiger partial charge in [-0.3, -0.25) is 4.79 Å². The van der Waals surface area contributed by atoms with Crippen LogP contribution < -0.4 is 19.6 Å². The summed E-state index contributed by atoms with van der Waals surface area (Å²) >= 11 is 0. The Bertz CT molecular complexity index is 1060. The number of nitrogens with one attached hydrogen (secondary N) is 1. The zero-order valence-electron chi connectivity index (χ0n) is 17.4. The highest BCUT2D eigenvalue weighted by molar-refractivity contribution is 5.93. The molecule has 31 heavy (non-hydrogen) atoms. The number of benzene rings is 2. The summed E-state index contributed by atoms with van der Waals surface area (Å²) in [4.78, 5) is 16.7. The van der Waals surface area contributed by atoms with Gasteiger partial charge in [-0.15, -0.1) is 0 Å². The van der Waals surface area contributed by atoms with E-state index in [4.69, 9.17) is 14.2 Å². The van der Waals surface area contributed by atoms with Crippen LogP contribution in [-0.2, 0) is 0 Å². The minimum atomic E-state index is -0.641. The smallest absolute Gasteiger partial charge is 0.290 e. The predicted molar refractivity (Wildman–Crippen MR) is 115 cm³/mol. The van der Waals surface area contributed by atoms with E-state index in [0.29, 0.717) is 40.7 Å². The number of rotatable bonds is 8. The monoisotopic (exact) mass is 423 g/mol. The summed E-state index contributed by atoms with van der Waals surface area (Å²) < 4.78 is 29.9. The van der Waals surface area contributed by atoms with E-state index < -0.39 is 11.7 Å². The molecule has 160 valence electrons. The van der Waals surface area contributed by atoms with E-state index in [1.54, 1.807) is 42.5 Å². The Kier molecular flexibility index (Phi) is 7.16. The summed E-state index contributed by atoms with van der Waals surface area (Å²) in [7, 11) is 3.07. The second-order valence-corrected chi connectivity index (χ2v) is 6.36. The van der Waals surface area contributed by atoms with Crippen LogP contribution in [0.5, 0.6) is 17.2 Å². The van der Waals surface area contributed by atoms with Crippen LogP contribution in [-0.4, -0.2) is 37.9 Å².